The zero-order chi connectivity index (χ0) is 18.4. The molecule has 0 unspecified atom stereocenters. The average Bonchev–Trinajstić information content (AvgIpc) is 3.06. The Morgan fingerprint density at radius 3 is 2.96 bits per heavy atom. The van der Waals surface area contributed by atoms with Crippen LogP contribution in [0.1, 0.15) is 17.5 Å². The van der Waals surface area contributed by atoms with E-state index in [1.807, 2.05) is 36.4 Å². The van der Waals surface area contributed by atoms with Gasteiger partial charge in [0.1, 0.15) is 11.3 Å². The molecule has 1 heterocycles. The van der Waals surface area contributed by atoms with Crippen molar-refractivity contribution in [3.05, 3.63) is 66.2 Å². The second kappa shape index (κ2) is 8.06. The number of amides is 1. The van der Waals surface area contributed by atoms with E-state index in [1.54, 1.807) is 16.8 Å². The lowest BCUT2D eigenvalue weighted by atomic mass is 10.1. The molecule has 0 spiro atoms. The largest absolute Gasteiger partial charge is 0.507 e. The fourth-order valence-corrected chi connectivity index (χ4v) is 2.56. The molecule has 1 amide bonds. The summed E-state index contributed by atoms with van der Waals surface area (Å²) in [7, 11) is 0. The number of fused-ring (bicyclic) bond motifs is 1. The van der Waals surface area contributed by atoms with Crippen LogP contribution in [0.5, 0.6) is 5.75 Å². The van der Waals surface area contributed by atoms with Crippen LogP contribution in [0, 0.1) is 0 Å². The Bertz CT molecular complexity index is 961. The number of hydrogen-bond donors (Lipinski definition) is 2. The number of aromatic hydroxyl groups is 1. The Morgan fingerprint density at radius 2 is 2.12 bits per heavy atom. The number of phenolic OH excluding ortho intramolecular Hbond substituents is 1. The minimum absolute atomic E-state index is 0.138. The van der Waals surface area contributed by atoms with Crippen molar-refractivity contribution in [2.75, 3.05) is 0 Å². The van der Waals surface area contributed by atoms with Crippen LogP contribution >= 0.6 is 0 Å². The molecule has 7 nitrogen and oxygen atoms in total. The summed E-state index contributed by atoms with van der Waals surface area (Å²) in [6.45, 7) is 4.06. The molecule has 0 radical (unpaired) electrons. The summed E-state index contributed by atoms with van der Waals surface area (Å²) in [5.74, 6) is -0.109. The quantitative estimate of drug-likeness (QED) is 0.389. The van der Waals surface area contributed by atoms with E-state index < -0.39 is 0 Å². The molecule has 0 aliphatic heterocycles. The number of nitrogens with zero attached hydrogens (tertiary/aromatic N) is 4. The molecule has 26 heavy (non-hydrogen) atoms. The Balaban J connectivity index is 1.56. The van der Waals surface area contributed by atoms with Crippen molar-refractivity contribution in [2.45, 2.75) is 19.4 Å². The average molecular weight is 349 g/mol. The van der Waals surface area contributed by atoms with Crippen LogP contribution in [0.25, 0.3) is 11.0 Å². The van der Waals surface area contributed by atoms with Crippen LogP contribution in [0.3, 0.4) is 0 Å². The number of carbonyl (C=O) groups is 1. The van der Waals surface area contributed by atoms with Gasteiger partial charge in [0.05, 0.1) is 18.3 Å². The van der Waals surface area contributed by atoms with Crippen molar-refractivity contribution in [2.24, 2.45) is 5.10 Å². The molecule has 0 aliphatic rings. The predicted octanol–water partition coefficient (Wildman–Crippen LogP) is 2.41. The number of allylic oxidation sites excluding steroid dienone is 1. The van der Waals surface area contributed by atoms with Gasteiger partial charge < -0.3 is 5.11 Å². The van der Waals surface area contributed by atoms with Crippen LogP contribution in [0.2, 0.25) is 0 Å². The van der Waals surface area contributed by atoms with E-state index in [-0.39, 0.29) is 18.1 Å². The zero-order valence-electron chi connectivity index (χ0n) is 14.2. The van der Waals surface area contributed by atoms with Gasteiger partial charge in [0.25, 0.3) is 0 Å². The Hall–Kier alpha value is -3.48. The molecule has 2 aromatic carbocycles. The molecule has 0 saturated heterocycles. The van der Waals surface area contributed by atoms with Crippen LogP contribution in [0.15, 0.2) is 60.2 Å². The fraction of sp³-hybridized carbons (Fsp3) is 0.158. The first-order chi connectivity index (χ1) is 12.7. The third-order valence-electron chi connectivity index (χ3n) is 3.88. The maximum Gasteiger partial charge on any atom is 0.241 e. The van der Waals surface area contributed by atoms with Gasteiger partial charge in [0.15, 0.2) is 0 Å². The lowest BCUT2D eigenvalue weighted by Gasteiger charge is -2.05. The molecule has 0 bridgehead atoms. The van der Waals surface area contributed by atoms with E-state index in [0.717, 1.165) is 16.6 Å². The van der Waals surface area contributed by atoms with Gasteiger partial charge in [-0.2, -0.15) is 5.10 Å². The summed E-state index contributed by atoms with van der Waals surface area (Å²) in [6.07, 6.45) is 3.91. The SMILES string of the molecule is C=CCc1cccc(C=NNC(=O)CCn2nnc3ccccc32)c1O. The van der Waals surface area contributed by atoms with Gasteiger partial charge in [-0.25, -0.2) is 10.1 Å². The van der Waals surface area contributed by atoms with Crippen molar-refractivity contribution >= 4 is 23.2 Å². The number of aryl methyl sites for hydroxylation is 1. The summed E-state index contributed by atoms with van der Waals surface area (Å²) < 4.78 is 1.68. The van der Waals surface area contributed by atoms with E-state index in [2.05, 4.69) is 27.4 Å². The standard InChI is InChI=1S/C19H19N5O2/c1-2-6-14-7-5-8-15(19(14)26)13-20-22-18(25)11-12-24-17-10-4-3-9-16(17)21-23-24/h2-5,7-10,13,26H,1,6,11-12H2,(H,22,25). The van der Waals surface area contributed by atoms with Crippen LogP contribution in [-0.2, 0) is 17.8 Å². The first-order valence-corrected chi connectivity index (χ1v) is 8.21. The molecule has 0 saturated carbocycles. The first-order valence-electron chi connectivity index (χ1n) is 8.21. The molecule has 3 rings (SSSR count). The van der Waals surface area contributed by atoms with Crippen LogP contribution < -0.4 is 5.43 Å². The van der Waals surface area contributed by atoms with E-state index in [0.29, 0.717) is 18.5 Å². The normalized spacial score (nSPS) is 11.1. The van der Waals surface area contributed by atoms with Gasteiger partial charge in [-0.3, -0.25) is 4.79 Å². The van der Waals surface area contributed by atoms with Gasteiger partial charge in [-0.1, -0.05) is 35.6 Å². The summed E-state index contributed by atoms with van der Waals surface area (Å²) in [5.41, 5.74) is 5.42. The Kier molecular flexibility index (Phi) is 5.38. The number of carbonyl (C=O) groups excluding carboxylic acids is 1. The summed E-state index contributed by atoms with van der Waals surface area (Å²) in [6, 6.07) is 12.9. The molecule has 1 aromatic heterocycles. The van der Waals surface area contributed by atoms with E-state index in [4.69, 9.17) is 0 Å². The molecular weight excluding hydrogens is 330 g/mol. The molecular formula is C19H19N5O2. The number of benzene rings is 2. The van der Waals surface area contributed by atoms with E-state index >= 15 is 0 Å². The van der Waals surface area contributed by atoms with Crippen molar-refractivity contribution < 1.29 is 9.90 Å². The monoisotopic (exact) mass is 349 g/mol. The summed E-state index contributed by atoms with van der Waals surface area (Å²) >= 11 is 0. The highest BCUT2D eigenvalue weighted by Gasteiger charge is 2.07. The van der Waals surface area contributed by atoms with Gasteiger partial charge in [-0.15, -0.1) is 11.7 Å². The highest BCUT2D eigenvalue weighted by atomic mass is 16.3. The van der Waals surface area contributed by atoms with Gasteiger partial charge in [-0.05, 0) is 30.2 Å². The van der Waals surface area contributed by atoms with E-state index in [1.165, 1.54) is 6.21 Å². The number of hydrogen-bond acceptors (Lipinski definition) is 5. The third kappa shape index (κ3) is 3.94. The highest BCUT2D eigenvalue weighted by molar-refractivity contribution is 5.85. The molecule has 7 heteroatoms. The molecule has 0 fully saturated rings. The third-order valence-corrected chi connectivity index (χ3v) is 3.88. The second-order valence-corrected chi connectivity index (χ2v) is 5.69. The van der Waals surface area contributed by atoms with E-state index in [9.17, 15) is 9.90 Å². The maximum atomic E-state index is 12.0. The van der Waals surface area contributed by atoms with Crippen LogP contribution in [-0.4, -0.2) is 32.2 Å². The van der Waals surface area contributed by atoms with Gasteiger partial charge >= 0.3 is 0 Å². The van der Waals surface area contributed by atoms with Crippen LogP contribution in [0.4, 0.5) is 0 Å². The maximum absolute atomic E-state index is 12.0. The number of hydrazone groups is 1. The highest BCUT2D eigenvalue weighted by Crippen LogP contribution is 2.21. The predicted molar refractivity (Wildman–Crippen MR) is 99.9 cm³/mol. The minimum Gasteiger partial charge on any atom is -0.507 e. The topological polar surface area (TPSA) is 92.4 Å². The van der Waals surface area contributed by atoms with Crippen molar-refractivity contribution in [3.63, 3.8) is 0 Å². The summed E-state index contributed by atoms with van der Waals surface area (Å²) in [4.78, 5) is 12.0. The number of para-hydroxylation sites is 2. The lowest BCUT2D eigenvalue weighted by molar-refractivity contribution is -0.121. The summed E-state index contributed by atoms with van der Waals surface area (Å²) in [5, 5.41) is 22.1. The molecule has 0 atom stereocenters. The number of rotatable bonds is 7. The number of nitrogens with one attached hydrogen (secondary N) is 1. The Morgan fingerprint density at radius 1 is 1.27 bits per heavy atom. The number of phenols is 1. The fourth-order valence-electron chi connectivity index (χ4n) is 2.56. The molecule has 132 valence electrons. The van der Waals surface area contributed by atoms with Crippen molar-refractivity contribution in [1.82, 2.24) is 20.4 Å². The molecule has 3 aromatic rings. The number of aromatic nitrogens is 3. The van der Waals surface area contributed by atoms with Crippen molar-refractivity contribution in [3.8, 4) is 5.75 Å². The molecule has 0 aliphatic carbocycles. The zero-order valence-corrected chi connectivity index (χ0v) is 14.2. The van der Waals surface area contributed by atoms with Gasteiger partial charge in [0.2, 0.25) is 5.91 Å². The first kappa shape index (κ1) is 17.3. The minimum atomic E-state index is -0.248. The lowest BCUT2D eigenvalue weighted by Crippen LogP contribution is -2.19. The Labute approximate surface area is 150 Å². The van der Waals surface area contributed by atoms with Crippen molar-refractivity contribution in [1.29, 1.82) is 0 Å². The van der Waals surface area contributed by atoms with Gasteiger partial charge in [0, 0.05) is 12.0 Å². The molecule has 2 N–H and O–H groups in total. The smallest absolute Gasteiger partial charge is 0.241 e. The second-order valence-electron chi connectivity index (χ2n) is 5.69.